The molecule has 160 valence electrons. The molecule has 0 saturated heterocycles. The quantitative estimate of drug-likeness (QED) is 0.448. The summed E-state index contributed by atoms with van der Waals surface area (Å²) in [4.78, 5) is 13.7. The Hall–Kier alpha value is -2.94. The third-order valence-corrected chi connectivity index (χ3v) is 6.34. The van der Waals surface area contributed by atoms with E-state index in [0.717, 1.165) is 18.5 Å². The molecule has 1 amide bonds. The second kappa shape index (κ2) is 9.91. The van der Waals surface area contributed by atoms with Crippen LogP contribution in [0.4, 0.5) is 4.39 Å². The number of hydrogen-bond donors (Lipinski definition) is 1. The first kappa shape index (κ1) is 21.3. The molecule has 31 heavy (non-hydrogen) atoms. The number of nitrogens with one attached hydrogen (secondary N) is 1. The predicted molar refractivity (Wildman–Crippen MR) is 123 cm³/mol. The van der Waals surface area contributed by atoms with Crippen LogP contribution in [0.3, 0.4) is 0 Å². The summed E-state index contributed by atoms with van der Waals surface area (Å²) in [7, 11) is 0. The lowest BCUT2D eigenvalue weighted by atomic mass is 9.71. The first-order valence-corrected chi connectivity index (χ1v) is 11.2. The highest BCUT2D eigenvalue weighted by atomic mass is 19.1. The highest BCUT2D eigenvalue weighted by molar-refractivity contribution is 5.83. The van der Waals surface area contributed by atoms with Crippen molar-refractivity contribution in [2.45, 2.75) is 38.5 Å². The summed E-state index contributed by atoms with van der Waals surface area (Å²) >= 11 is 0. The van der Waals surface area contributed by atoms with Gasteiger partial charge in [0, 0.05) is 6.54 Å². The average Bonchev–Trinajstić information content (AvgIpc) is 3.63. The SMILES string of the molecule is O=C(NCC1CC1)C(CCc1ccccc1)(Cc1ccccc1)Cc1ccccc1F. The topological polar surface area (TPSA) is 29.1 Å². The summed E-state index contributed by atoms with van der Waals surface area (Å²) in [6.45, 7) is 0.720. The van der Waals surface area contributed by atoms with E-state index in [4.69, 9.17) is 0 Å². The molecule has 1 fully saturated rings. The maximum absolute atomic E-state index is 14.7. The molecule has 3 heteroatoms. The van der Waals surface area contributed by atoms with Crippen LogP contribution in [0.1, 0.15) is 36.0 Å². The second-order valence-corrected chi connectivity index (χ2v) is 8.85. The Labute approximate surface area is 184 Å². The van der Waals surface area contributed by atoms with Crippen molar-refractivity contribution in [1.82, 2.24) is 5.32 Å². The molecule has 3 aromatic rings. The summed E-state index contributed by atoms with van der Waals surface area (Å²) in [5.74, 6) is 0.401. The van der Waals surface area contributed by atoms with Crippen molar-refractivity contribution in [1.29, 1.82) is 0 Å². The van der Waals surface area contributed by atoms with Crippen LogP contribution in [0, 0.1) is 17.2 Å². The molecular formula is C28H30FNO. The summed E-state index contributed by atoms with van der Waals surface area (Å²) in [6, 6.07) is 27.2. The van der Waals surface area contributed by atoms with Gasteiger partial charge >= 0.3 is 0 Å². The van der Waals surface area contributed by atoms with Crippen molar-refractivity contribution in [2.24, 2.45) is 11.3 Å². The summed E-state index contributed by atoms with van der Waals surface area (Å²) < 4.78 is 14.7. The molecule has 4 rings (SSSR count). The van der Waals surface area contributed by atoms with E-state index in [1.54, 1.807) is 6.07 Å². The van der Waals surface area contributed by atoms with Crippen molar-refractivity contribution in [3.8, 4) is 0 Å². The zero-order chi connectivity index (χ0) is 21.5. The fourth-order valence-electron chi connectivity index (χ4n) is 4.28. The normalized spacial score (nSPS) is 15.3. The van der Waals surface area contributed by atoms with Crippen molar-refractivity contribution >= 4 is 5.91 Å². The lowest BCUT2D eigenvalue weighted by Gasteiger charge is -2.33. The Morgan fingerprint density at radius 1 is 0.839 bits per heavy atom. The Morgan fingerprint density at radius 3 is 2.10 bits per heavy atom. The zero-order valence-corrected chi connectivity index (χ0v) is 17.9. The minimum absolute atomic E-state index is 0.0439. The molecule has 0 heterocycles. The second-order valence-electron chi connectivity index (χ2n) is 8.85. The van der Waals surface area contributed by atoms with Crippen molar-refractivity contribution in [3.63, 3.8) is 0 Å². The van der Waals surface area contributed by atoms with Gasteiger partial charge in [-0.3, -0.25) is 4.79 Å². The highest BCUT2D eigenvalue weighted by Gasteiger charge is 2.39. The van der Waals surface area contributed by atoms with Crippen LogP contribution in [0.15, 0.2) is 84.9 Å². The third-order valence-electron chi connectivity index (χ3n) is 6.34. The van der Waals surface area contributed by atoms with E-state index < -0.39 is 5.41 Å². The molecule has 0 radical (unpaired) electrons. The van der Waals surface area contributed by atoms with Gasteiger partial charge in [0.25, 0.3) is 0 Å². The molecule has 0 aromatic heterocycles. The lowest BCUT2D eigenvalue weighted by Crippen LogP contribution is -2.45. The molecule has 1 N–H and O–H groups in total. The first-order chi connectivity index (χ1) is 15.1. The fourth-order valence-corrected chi connectivity index (χ4v) is 4.28. The van der Waals surface area contributed by atoms with Crippen molar-refractivity contribution < 1.29 is 9.18 Å². The number of amides is 1. The van der Waals surface area contributed by atoms with Gasteiger partial charge in [-0.25, -0.2) is 4.39 Å². The van der Waals surface area contributed by atoms with Crippen LogP contribution in [-0.2, 0) is 24.1 Å². The van der Waals surface area contributed by atoms with Gasteiger partial charge in [-0.2, -0.15) is 0 Å². The number of aryl methyl sites for hydroxylation is 1. The van der Waals surface area contributed by atoms with E-state index in [1.807, 2.05) is 48.5 Å². The Morgan fingerprint density at radius 2 is 1.45 bits per heavy atom. The smallest absolute Gasteiger partial charge is 0.226 e. The molecule has 0 aliphatic heterocycles. The highest BCUT2D eigenvalue weighted by Crippen LogP contribution is 2.35. The monoisotopic (exact) mass is 415 g/mol. The molecule has 1 saturated carbocycles. The molecule has 1 aliphatic carbocycles. The molecule has 0 bridgehead atoms. The van der Waals surface area contributed by atoms with Gasteiger partial charge in [0.2, 0.25) is 5.91 Å². The minimum atomic E-state index is -0.714. The van der Waals surface area contributed by atoms with Crippen LogP contribution in [0.5, 0.6) is 0 Å². The molecule has 1 aliphatic rings. The van der Waals surface area contributed by atoms with E-state index in [9.17, 15) is 9.18 Å². The van der Waals surface area contributed by atoms with Crippen LogP contribution in [-0.4, -0.2) is 12.5 Å². The van der Waals surface area contributed by atoms with Gasteiger partial charge in [-0.05, 0) is 67.2 Å². The van der Waals surface area contributed by atoms with E-state index in [-0.39, 0.29) is 11.7 Å². The van der Waals surface area contributed by atoms with Gasteiger partial charge in [0.1, 0.15) is 5.82 Å². The molecule has 1 atom stereocenters. The number of hydrogen-bond acceptors (Lipinski definition) is 1. The zero-order valence-electron chi connectivity index (χ0n) is 17.9. The largest absolute Gasteiger partial charge is 0.355 e. The van der Waals surface area contributed by atoms with Crippen molar-refractivity contribution in [2.75, 3.05) is 6.54 Å². The fraction of sp³-hybridized carbons (Fsp3) is 0.321. The molecule has 2 nitrogen and oxygen atoms in total. The van der Waals surface area contributed by atoms with Gasteiger partial charge in [-0.1, -0.05) is 78.9 Å². The predicted octanol–water partition coefficient (Wildman–Crippen LogP) is 5.76. The summed E-state index contributed by atoms with van der Waals surface area (Å²) in [5.41, 5.74) is 2.19. The van der Waals surface area contributed by atoms with Gasteiger partial charge in [-0.15, -0.1) is 0 Å². The molecule has 3 aromatic carbocycles. The summed E-state index contributed by atoms with van der Waals surface area (Å²) in [5, 5.41) is 3.22. The maximum Gasteiger partial charge on any atom is 0.226 e. The van der Waals surface area contributed by atoms with Crippen LogP contribution in [0.2, 0.25) is 0 Å². The molecule has 1 unspecified atom stereocenters. The van der Waals surface area contributed by atoms with E-state index >= 15 is 0 Å². The number of halogens is 1. The van der Waals surface area contributed by atoms with Gasteiger partial charge in [0.15, 0.2) is 0 Å². The van der Waals surface area contributed by atoms with E-state index in [2.05, 4.69) is 29.6 Å². The Bertz CT molecular complexity index is 984. The number of rotatable bonds is 10. The minimum Gasteiger partial charge on any atom is -0.355 e. The number of benzene rings is 3. The van der Waals surface area contributed by atoms with Crippen LogP contribution >= 0.6 is 0 Å². The lowest BCUT2D eigenvalue weighted by molar-refractivity contribution is -0.131. The number of carbonyl (C=O) groups is 1. The number of carbonyl (C=O) groups excluding carboxylic acids is 1. The van der Waals surface area contributed by atoms with E-state index in [1.165, 1.54) is 24.5 Å². The molecular weight excluding hydrogens is 385 g/mol. The van der Waals surface area contributed by atoms with Crippen LogP contribution < -0.4 is 5.32 Å². The van der Waals surface area contributed by atoms with Crippen molar-refractivity contribution in [3.05, 3.63) is 107 Å². The third kappa shape index (κ3) is 5.81. The Kier molecular flexibility index (Phi) is 6.81. The van der Waals surface area contributed by atoms with Gasteiger partial charge in [0.05, 0.1) is 5.41 Å². The Balaban J connectivity index is 1.67. The maximum atomic E-state index is 14.7. The van der Waals surface area contributed by atoms with E-state index in [0.29, 0.717) is 30.7 Å². The summed E-state index contributed by atoms with van der Waals surface area (Å²) in [6.07, 6.45) is 4.78. The standard InChI is InChI=1S/C28H30FNO/c29-26-14-8-7-13-25(26)20-28(19-23-11-5-2-6-12-23,27(31)30-21-24-15-16-24)18-17-22-9-3-1-4-10-22/h1-14,24H,15-21H2,(H,30,31). The van der Waals surface area contributed by atoms with Gasteiger partial charge < -0.3 is 5.32 Å². The van der Waals surface area contributed by atoms with Crippen LogP contribution in [0.25, 0.3) is 0 Å². The first-order valence-electron chi connectivity index (χ1n) is 11.2. The average molecular weight is 416 g/mol. The molecule has 0 spiro atoms.